The molecule has 2 aliphatic rings. The number of nitrogens with one attached hydrogen (secondary N) is 1. The average molecular weight is 520 g/mol. The second-order valence-electron chi connectivity index (χ2n) is 6.74. The topological polar surface area (TPSA) is 247 Å². The molecule has 2 unspecified atom stereocenters. The van der Waals surface area contributed by atoms with Crippen molar-refractivity contribution in [3.63, 3.8) is 0 Å². The van der Waals surface area contributed by atoms with Gasteiger partial charge in [-0.2, -0.15) is 13.7 Å². The van der Waals surface area contributed by atoms with E-state index in [9.17, 15) is 28.5 Å². The lowest BCUT2D eigenvalue weighted by Gasteiger charge is -2.32. The number of fused-ring (bicyclic) bond motifs is 1. The summed E-state index contributed by atoms with van der Waals surface area (Å²) in [6, 6.07) is 1.12. The maximum Gasteiger partial charge on any atom is 0.490 e. The van der Waals surface area contributed by atoms with Crippen molar-refractivity contribution in [3.8, 4) is 0 Å². The van der Waals surface area contributed by atoms with Crippen LogP contribution in [0.15, 0.2) is 6.07 Å². The van der Waals surface area contributed by atoms with Crippen LogP contribution in [0.4, 0.5) is 10.6 Å². The first kappa shape index (κ1) is 25.3. The Bertz CT molecular complexity index is 1030. The third kappa shape index (κ3) is 6.60. The number of phosphoric ester groups is 1. The monoisotopic (exact) mass is 520 g/mol. The number of hydrogen-bond donors (Lipinski definition) is 6. The van der Waals surface area contributed by atoms with Gasteiger partial charge in [-0.1, -0.05) is 0 Å². The van der Waals surface area contributed by atoms with Gasteiger partial charge >= 0.3 is 29.5 Å². The van der Waals surface area contributed by atoms with E-state index in [1.54, 1.807) is 13.0 Å². The van der Waals surface area contributed by atoms with E-state index in [0.717, 1.165) is 0 Å². The van der Waals surface area contributed by atoms with Gasteiger partial charge in [0.05, 0.1) is 24.9 Å². The van der Waals surface area contributed by atoms with E-state index in [1.165, 1.54) is 4.90 Å². The first-order chi connectivity index (χ1) is 14.6. The molecular formula is C12H19N4O13P3. The molecule has 1 fully saturated rings. The van der Waals surface area contributed by atoms with Gasteiger partial charge in [0.2, 0.25) is 0 Å². The molecule has 1 saturated heterocycles. The number of rotatable bonds is 8. The summed E-state index contributed by atoms with van der Waals surface area (Å²) in [7, 11) is -16.6. The van der Waals surface area contributed by atoms with Crippen LogP contribution in [0, 0.1) is 6.92 Å². The standard InChI is InChI=1S/C12H19N4O13P3/c1-6-2-7-4-16(12(18)13-11(7)15-14-6)10-3-8(17)9(27-10)5-26-31(22,23)29-32(24,25)28-30(19,20)21/h2,8-10,17H,3-5H2,1H3,(H,22,23)(H,24,25)(H,13,15,18)(H2,19,20,21)/t8-,9+,10+/m0/s1. The van der Waals surface area contributed by atoms with E-state index >= 15 is 0 Å². The molecule has 1 aromatic rings. The van der Waals surface area contributed by atoms with E-state index in [-0.39, 0.29) is 18.8 Å². The molecule has 32 heavy (non-hydrogen) atoms. The van der Waals surface area contributed by atoms with Gasteiger partial charge in [-0.15, -0.1) is 5.10 Å². The number of nitrogens with zero attached hydrogens (tertiary/aromatic N) is 3. The fourth-order valence-corrected chi connectivity index (χ4v) is 5.99. The summed E-state index contributed by atoms with van der Waals surface area (Å²) in [5.41, 5.74) is 1.26. The first-order valence-electron chi connectivity index (χ1n) is 8.67. The molecule has 0 bridgehead atoms. The van der Waals surface area contributed by atoms with Crippen LogP contribution in [0.1, 0.15) is 17.7 Å². The minimum Gasteiger partial charge on any atom is -0.390 e. The van der Waals surface area contributed by atoms with E-state index < -0.39 is 54.5 Å². The molecule has 2 amide bonds. The number of aromatic nitrogens is 2. The van der Waals surface area contributed by atoms with Gasteiger partial charge in [-0.05, 0) is 13.0 Å². The maximum atomic E-state index is 12.3. The number of aliphatic hydroxyl groups is 1. The number of carbonyl (C=O) groups excluding carboxylic acids is 1. The summed E-state index contributed by atoms with van der Waals surface area (Å²) >= 11 is 0. The highest BCUT2D eigenvalue weighted by Gasteiger charge is 2.44. The second-order valence-corrected chi connectivity index (χ2v) is 11.2. The lowest BCUT2D eigenvalue weighted by Crippen LogP contribution is -2.45. The number of phosphoric acid groups is 3. The Balaban J connectivity index is 1.59. The predicted molar refractivity (Wildman–Crippen MR) is 100 cm³/mol. The van der Waals surface area contributed by atoms with Crippen molar-refractivity contribution in [2.75, 3.05) is 11.9 Å². The Labute approximate surface area is 179 Å². The summed E-state index contributed by atoms with van der Waals surface area (Å²) < 4.78 is 50.9. The van der Waals surface area contributed by atoms with Gasteiger partial charge in [-0.3, -0.25) is 14.7 Å². The van der Waals surface area contributed by atoms with Crippen LogP contribution < -0.4 is 5.32 Å². The molecule has 6 N–H and O–H groups in total. The molecule has 0 aliphatic carbocycles. The molecule has 0 saturated carbocycles. The van der Waals surface area contributed by atoms with Gasteiger partial charge in [0.15, 0.2) is 5.82 Å². The maximum absolute atomic E-state index is 12.3. The summed E-state index contributed by atoms with van der Waals surface area (Å²) in [6.45, 7) is 0.957. The lowest BCUT2D eigenvalue weighted by atomic mass is 10.1. The Morgan fingerprint density at radius 2 is 1.88 bits per heavy atom. The smallest absolute Gasteiger partial charge is 0.390 e. The molecule has 3 heterocycles. The SMILES string of the molecule is Cc1cc2c(nn1)NC(=O)N([C@H]1C[C@H](O)[C@@H](COP(=O)(O)OP(=O)(O)OP(=O)(O)O)O1)C2. The largest absolute Gasteiger partial charge is 0.490 e. The van der Waals surface area contributed by atoms with Crippen LogP contribution in [0.25, 0.3) is 0 Å². The highest BCUT2D eigenvalue weighted by atomic mass is 31.3. The molecule has 180 valence electrons. The van der Waals surface area contributed by atoms with Gasteiger partial charge in [0.25, 0.3) is 0 Å². The number of anilines is 1. The third-order valence-corrected chi connectivity index (χ3v) is 7.99. The average Bonchev–Trinajstić information content (AvgIpc) is 2.97. The molecule has 3 rings (SSSR count). The van der Waals surface area contributed by atoms with Crippen LogP contribution >= 0.6 is 23.5 Å². The Kier molecular flexibility index (Phi) is 7.23. The fraction of sp³-hybridized carbons (Fsp3) is 0.583. The molecule has 5 atom stereocenters. The Hall–Kier alpha value is -1.32. The number of urea groups is 1. The van der Waals surface area contributed by atoms with E-state index in [1.807, 2.05) is 0 Å². The number of carbonyl (C=O) groups is 1. The number of aryl methyl sites for hydroxylation is 1. The zero-order valence-corrected chi connectivity index (χ0v) is 18.8. The molecular weight excluding hydrogens is 501 g/mol. The summed E-state index contributed by atoms with van der Waals surface area (Å²) in [5, 5.41) is 20.4. The number of hydrogen-bond acceptors (Lipinski definition) is 11. The highest BCUT2D eigenvalue weighted by Crippen LogP contribution is 2.66. The molecule has 20 heteroatoms. The zero-order valence-electron chi connectivity index (χ0n) is 16.1. The van der Waals surface area contributed by atoms with Crippen molar-refractivity contribution in [1.29, 1.82) is 0 Å². The minimum absolute atomic E-state index is 0.0809. The van der Waals surface area contributed by atoms with Crippen molar-refractivity contribution in [2.45, 2.75) is 38.3 Å². The van der Waals surface area contributed by atoms with E-state index in [0.29, 0.717) is 11.3 Å². The van der Waals surface area contributed by atoms with Crippen molar-refractivity contribution in [1.82, 2.24) is 15.1 Å². The van der Waals surface area contributed by atoms with Gasteiger partial charge in [-0.25, -0.2) is 18.5 Å². The highest BCUT2D eigenvalue weighted by molar-refractivity contribution is 7.66. The molecule has 17 nitrogen and oxygen atoms in total. The molecule has 0 radical (unpaired) electrons. The third-order valence-electron chi connectivity index (χ3n) is 4.19. The minimum atomic E-state index is -5.67. The van der Waals surface area contributed by atoms with Crippen LogP contribution in [0.3, 0.4) is 0 Å². The van der Waals surface area contributed by atoms with Gasteiger partial charge < -0.3 is 29.4 Å². The van der Waals surface area contributed by atoms with Gasteiger partial charge in [0.1, 0.15) is 12.3 Å². The van der Waals surface area contributed by atoms with Gasteiger partial charge in [0, 0.05) is 12.0 Å². The zero-order chi connectivity index (χ0) is 23.9. The molecule has 1 aromatic heterocycles. The fourth-order valence-electron chi connectivity index (χ4n) is 2.96. The van der Waals surface area contributed by atoms with Crippen molar-refractivity contribution in [3.05, 3.63) is 17.3 Å². The van der Waals surface area contributed by atoms with Crippen molar-refractivity contribution >= 4 is 35.3 Å². The van der Waals surface area contributed by atoms with Crippen molar-refractivity contribution in [2.24, 2.45) is 0 Å². The summed E-state index contributed by atoms with van der Waals surface area (Å²) in [4.78, 5) is 49.2. The lowest BCUT2D eigenvalue weighted by molar-refractivity contribution is -0.0644. The molecule has 0 aromatic carbocycles. The summed E-state index contributed by atoms with van der Waals surface area (Å²) in [5.74, 6) is 0.277. The quantitative estimate of drug-likeness (QED) is 0.246. The molecule has 0 spiro atoms. The molecule has 2 aliphatic heterocycles. The van der Waals surface area contributed by atoms with Crippen LogP contribution in [0.5, 0.6) is 0 Å². The van der Waals surface area contributed by atoms with Crippen LogP contribution in [0.2, 0.25) is 0 Å². The number of amides is 2. The first-order valence-corrected chi connectivity index (χ1v) is 13.2. The summed E-state index contributed by atoms with van der Waals surface area (Å²) in [6.07, 6.45) is -3.57. The number of aliphatic hydroxyl groups excluding tert-OH is 1. The van der Waals surface area contributed by atoms with Crippen molar-refractivity contribution < 1.29 is 61.1 Å². The predicted octanol–water partition coefficient (Wildman–Crippen LogP) is -0.0483. The number of ether oxygens (including phenoxy) is 1. The van der Waals surface area contributed by atoms with E-state index in [4.69, 9.17) is 19.4 Å². The second kappa shape index (κ2) is 9.14. The Morgan fingerprint density at radius 3 is 2.53 bits per heavy atom. The van der Waals surface area contributed by atoms with Crippen LogP contribution in [-0.2, 0) is 38.1 Å². The normalized spacial score (nSPS) is 27.4. The van der Waals surface area contributed by atoms with E-state index in [2.05, 4.69) is 28.7 Å². The Morgan fingerprint density at radius 1 is 1.19 bits per heavy atom. The van der Waals surface area contributed by atoms with Crippen LogP contribution in [-0.4, -0.2) is 70.9 Å².